The molecule has 0 bridgehead atoms. The lowest BCUT2D eigenvalue weighted by Gasteiger charge is -2.13. The van der Waals surface area contributed by atoms with Crippen molar-refractivity contribution in [1.82, 2.24) is 20.2 Å². The standard InChI is InChI=1S/C22H18F3N5O/c23-22(24,25)16-10-12-17(13-11-16)26-19-9-5-4-8-18(19)21-27-29-30(28-21)20(14-31)15-6-2-1-3-7-15/h1-13,20,26,31H,14H2. The molecule has 4 rings (SSSR count). The molecule has 158 valence electrons. The Morgan fingerprint density at radius 1 is 0.903 bits per heavy atom. The van der Waals surface area contributed by atoms with E-state index in [4.69, 9.17) is 0 Å². The van der Waals surface area contributed by atoms with Crippen LogP contribution in [0.5, 0.6) is 0 Å². The van der Waals surface area contributed by atoms with Gasteiger partial charge in [-0.15, -0.1) is 10.2 Å². The minimum Gasteiger partial charge on any atom is -0.394 e. The highest BCUT2D eigenvalue weighted by molar-refractivity contribution is 5.77. The molecule has 0 fully saturated rings. The normalized spacial score (nSPS) is 12.5. The molecule has 0 saturated heterocycles. The molecule has 1 unspecified atom stereocenters. The smallest absolute Gasteiger partial charge is 0.394 e. The van der Waals surface area contributed by atoms with E-state index in [1.165, 1.54) is 16.9 Å². The third-order valence-electron chi connectivity index (χ3n) is 4.72. The Labute approximate surface area is 176 Å². The second kappa shape index (κ2) is 8.57. The lowest BCUT2D eigenvalue weighted by molar-refractivity contribution is -0.137. The molecule has 0 spiro atoms. The van der Waals surface area contributed by atoms with Gasteiger partial charge in [0.1, 0.15) is 6.04 Å². The lowest BCUT2D eigenvalue weighted by atomic mass is 10.1. The first-order valence-electron chi connectivity index (χ1n) is 9.44. The fourth-order valence-electron chi connectivity index (χ4n) is 3.14. The molecule has 0 amide bonds. The first kappa shape index (κ1) is 20.5. The molecule has 0 radical (unpaired) electrons. The maximum Gasteiger partial charge on any atom is 0.416 e. The Kier molecular flexibility index (Phi) is 5.68. The summed E-state index contributed by atoms with van der Waals surface area (Å²) in [5.74, 6) is 0.324. The van der Waals surface area contributed by atoms with E-state index in [1.54, 1.807) is 24.3 Å². The van der Waals surface area contributed by atoms with Crippen LogP contribution in [0.1, 0.15) is 17.2 Å². The van der Waals surface area contributed by atoms with Gasteiger partial charge < -0.3 is 10.4 Å². The summed E-state index contributed by atoms with van der Waals surface area (Å²) in [7, 11) is 0. The van der Waals surface area contributed by atoms with E-state index in [1.807, 2.05) is 30.3 Å². The molecule has 0 saturated carbocycles. The second-order valence-corrected chi connectivity index (χ2v) is 6.79. The van der Waals surface area contributed by atoms with Crippen LogP contribution in [0.15, 0.2) is 78.9 Å². The molecule has 1 heterocycles. The number of nitrogens with zero attached hydrogens (tertiary/aromatic N) is 4. The Balaban J connectivity index is 1.61. The van der Waals surface area contributed by atoms with E-state index in [9.17, 15) is 18.3 Å². The van der Waals surface area contributed by atoms with Crippen LogP contribution in [0.2, 0.25) is 0 Å². The van der Waals surface area contributed by atoms with Crippen LogP contribution in [0.25, 0.3) is 11.4 Å². The fraction of sp³-hybridized carbons (Fsp3) is 0.136. The first-order chi connectivity index (χ1) is 15.0. The first-order valence-corrected chi connectivity index (χ1v) is 9.44. The number of halogens is 3. The average Bonchev–Trinajstić information content (AvgIpc) is 3.25. The SMILES string of the molecule is OCC(c1ccccc1)n1nnc(-c2ccccc2Nc2ccc(C(F)(F)F)cc2)n1. The van der Waals surface area contributed by atoms with Crippen LogP contribution in [-0.4, -0.2) is 31.9 Å². The number of anilines is 2. The number of hydrogen-bond donors (Lipinski definition) is 2. The van der Waals surface area contributed by atoms with Crippen LogP contribution < -0.4 is 5.32 Å². The topological polar surface area (TPSA) is 75.9 Å². The molecule has 9 heteroatoms. The molecule has 6 nitrogen and oxygen atoms in total. The van der Waals surface area contributed by atoms with Gasteiger partial charge >= 0.3 is 6.18 Å². The Morgan fingerprint density at radius 2 is 1.58 bits per heavy atom. The highest BCUT2D eigenvalue weighted by atomic mass is 19.4. The zero-order valence-corrected chi connectivity index (χ0v) is 16.2. The maximum absolute atomic E-state index is 12.8. The van der Waals surface area contributed by atoms with Crippen molar-refractivity contribution in [2.24, 2.45) is 0 Å². The molecule has 3 aromatic carbocycles. The Hall–Kier alpha value is -3.72. The quantitative estimate of drug-likeness (QED) is 0.469. The number of aromatic nitrogens is 4. The molecule has 0 aliphatic heterocycles. The van der Waals surface area contributed by atoms with Gasteiger partial charge in [0.05, 0.1) is 12.2 Å². The van der Waals surface area contributed by atoms with E-state index in [0.717, 1.165) is 17.7 Å². The van der Waals surface area contributed by atoms with Gasteiger partial charge in [0.2, 0.25) is 5.82 Å². The summed E-state index contributed by atoms with van der Waals surface area (Å²) < 4.78 is 38.4. The molecule has 0 aliphatic rings. The molecule has 31 heavy (non-hydrogen) atoms. The van der Waals surface area contributed by atoms with Crippen molar-refractivity contribution in [2.45, 2.75) is 12.2 Å². The van der Waals surface area contributed by atoms with E-state index in [0.29, 0.717) is 22.8 Å². The van der Waals surface area contributed by atoms with Crippen LogP contribution in [0.3, 0.4) is 0 Å². The predicted molar refractivity (Wildman–Crippen MR) is 110 cm³/mol. The molecular weight excluding hydrogens is 407 g/mol. The van der Waals surface area contributed by atoms with E-state index >= 15 is 0 Å². The molecule has 1 atom stereocenters. The number of aliphatic hydroxyl groups excluding tert-OH is 1. The molecule has 4 aromatic rings. The third-order valence-corrected chi connectivity index (χ3v) is 4.72. The van der Waals surface area contributed by atoms with E-state index < -0.39 is 17.8 Å². The number of hydrogen-bond acceptors (Lipinski definition) is 5. The van der Waals surface area contributed by atoms with Gasteiger partial charge in [0, 0.05) is 16.9 Å². The maximum atomic E-state index is 12.8. The molecule has 1 aromatic heterocycles. The highest BCUT2D eigenvalue weighted by Gasteiger charge is 2.30. The lowest BCUT2D eigenvalue weighted by Crippen LogP contribution is -2.17. The zero-order valence-electron chi connectivity index (χ0n) is 16.2. The van der Waals surface area contributed by atoms with Crippen LogP contribution in [-0.2, 0) is 6.18 Å². The van der Waals surface area contributed by atoms with Gasteiger partial charge in [-0.25, -0.2) is 0 Å². The number of benzene rings is 3. The van der Waals surface area contributed by atoms with Crippen LogP contribution in [0, 0.1) is 0 Å². The Morgan fingerprint density at radius 3 is 2.26 bits per heavy atom. The summed E-state index contributed by atoms with van der Waals surface area (Å²) >= 11 is 0. The summed E-state index contributed by atoms with van der Waals surface area (Å²) in [6, 6.07) is 20.7. The largest absolute Gasteiger partial charge is 0.416 e. The van der Waals surface area contributed by atoms with Crippen molar-refractivity contribution in [3.63, 3.8) is 0 Å². The van der Waals surface area contributed by atoms with Crippen molar-refractivity contribution in [1.29, 1.82) is 0 Å². The summed E-state index contributed by atoms with van der Waals surface area (Å²) in [6.07, 6.45) is -4.39. The summed E-state index contributed by atoms with van der Waals surface area (Å²) in [4.78, 5) is 1.35. The molecule has 0 aliphatic carbocycles. The molecular formula is C22H18F3N5O. The van der Waals surface area contributed by atoms with Crippen molar-refractivity contribution >= 4 is 11.4 Å². The number of rotatable bonds is 6. The number of tetrazole rings is 1. The Bertz CT molecular complexity index is 1140. The summed E-state index contributed by atoms with van der Waals surface area (Å²) in [5, 5.41) is 25.5. The average molecular weight is 425 g/mol. The summed E-state index contributed by atoms with van der Waals surface area (Å²) in [6.45, 7) is -0.203. The van der Waals surface area contributed by atoms with Crippen molar-refractivity contribution in [3.05, 3.63) is 90.0 Å². The van der Waals surface area contributed by atoms with Gasteiger partial charge in [-0.1, -0.05) is 42.5 Å². The van der Waals surface area contributed by atoms with Gasteiger partial charge in [0.15, 0.2) is 0 Å². The third kappa shape index (κ3) is 4.56. The van der Waals surface area contributed by atoms with Crippen molar-refractivity contribution < 1.29 is 18.3 Å². The van der Waals surface area contributed by atoms with Gasteiger partial charge in [-0.2, -0.15) is 18.0 Å². The summed E-state index contributed by atoms with van der Waals surface area (Å²) in [5.41, 5.74) is 1.85. The minimum atomic E-state index is -4.39. The van der Waals surface area contributed by atoms with Crippen molar-refractivity contribution in [2.75, 3.05) is 11.9 Å². The number of alkyl halides is 3. The highest BCUT2D eigenvalue weighted by Crippen LogP contribution is 2.32. The van der Waals surface area contributed by atoms with Gasteiger partial charge in [-0.3, -0.25) is 0 Å². The van der Waals surface area contributed by atoms with Gasteiger partial charge in [0.25, 0.3) is 0 Å². The monoisotopic (exact) mass is 425 g/mol. The van der Waals surface area contributed by atoms with Crippen LogP contribution in [0.4, 0.5) is 24.5 Å². The second-order valence-electron chi connectivity index (χ2n) is 6.79. The minimum absolute atomic E-state index is 0.203. The van der Waals surface area contributed by atoms with E-state index in [-0.39, 0.29) is 6.61 Å². The number of nitrogens with one attached hydrogen (secondary N) is 1. The zero-order chi connectivity index (χ0) is 21.8. The number of aliphatic hydroxyl groups is 1. The molecule has 2 N–H and O–H groups in total. The van der Waals surface area contributed by atoms with Crippen LogP contribution >= 0.6 is 0 Å². The predicted octanol–water partition coefficient (Wildman–Crippen LogP) is 4.68. The van der Waals surface area contributed by atoms with Crippen molar-refractivity contribution in [3.8, 4) is 11.4 Å². The fourth-order valence-corrected chi connectivity index (χ4v) is 3.14. The van der Waals surface area contributed by atoms with Gasteiger partial charge in [-0.05, 0) is 47.2 Å². The van der Waals surface area contributed by atoms with E-state index in [2.05, 4.69) is 20.7 Å². The number of para-hydroxylation sites is 1.